The predicted octanol–water partition coefficient (Wildman–Crippen LogP) is 3.47. The quantitative estimate of drug-likeness (QED) is 0.174. The zero-order chi connectivity index (χ0) is 29.1. The van der Waals surface area contributed by atoms with Crippen LogP contribution in [-0.4, -0.2) is 68.7 Å². The van der Waals surface area contributed by atoms with Crippen molar-refractivity contribution < 1.29 is 33.2 Å². The minimum absolute atomic E-state index is 0.0137. The Bertz CT molecular complexity index is 1510. The number of ether oxygens (including phenoxy) is 3. The molecule has 218 valence electrons. The normalized spacial score (nSPS) is 20.4. The first-order valence-electron chi connectivity index (χ1n) is 13.2. The average molecular weight is 585 g/mol. The molecule has 1 fully saturated rings. The van der Waals surface area contributed by atoms with Gasteiger partial charge in [-0.15, -0.1) is 0 Å². The summed E-state index contributed by atoms with van der Waals surface area (Å²) < 4.78 is 30.8. The molecule has 2 aromatic carbocycles. The number of methoxy groups -OCH3 is 1. The molecule has 1 saturated heterocycles. The zero-order valence-electron chi connectivity index (χ0n) is 23.1. The number of benzene rings is 2. The largest absolute Gasteiger partial charge is 0.479 e. The zero-order valence-corrected chi connectivity index (χ0v) is 24.0. The molecule has 5 atom stereocenters. The summed E-state index contributed by atoms with van der Waals surface area (Å²) in [6, 6.07) is 12.8. The van der Waals surface area contributed by atoms with Crippen molar-refractivity contribution in [2.45, 2.75) is 57.8 Å². The molecule has 1 aliphatic rings. The molecule has 13 nitrogen and oxygen atoms in total. The van der Waals surface area contributed by atoms with Crippen molar-refractivity contribution in [1.29, 1.82) is 0 Å². The number of fused-ring (bicyclic) bond motifs is 2. The lowest BCUT2D eigenvalue weighted by molar-refractivity contribution is -0.149. The van der Waals surface area contributed by atoms with Gasteiger partial charge in [-0.2, -0.15) is 9.97 Å². The number of aromatic nitrogens is 4. The van der Waals surface area contributed by atoms with E-state index in [1.165, 1.54) is 7.11 Å². The number of hydrogen-bond acceptors (Lipinski definition) is 12. The van der Waals surface area contributed by atoms with Crippen molar-refractivity contribution in [3.05, 3.63) is 48.8 Å². The molecule has 0 bridgehead atoms. The van der Waals surface area contributed by atoms with E-state index < -0.39 is 39.0 Å². The number of anilines is 1. The molecule has 0 spiro atoms. The summed E-state index contributed by atoms with van der Waals surface area (Å²) in [5, 5.41) is 15.8. The van der Waals surface area contributed by atoms with Crippen molar-refractivity contribution in [2.24, 2.45) is 0 Å². The summed E-state index contributed by atoms with van der Waals surface area (Å²) in [5.74, 6) is 0.436. The lowest BCUT2D eigenvalue weighted by atomic mass is 10.1. The third-order valence-electron chi connectivity index (χ3n) is 6.41. The lowest BCUT2D eigenvalue weighted by Gasteiger charge is -2.24. The van der Waals surface area contributed by atoms with Gasteiger partial charge in [-0.3, -0.25) is 9.36 Å². The van der Waals surface area contributed by atoms with Gasteiger partial charge in [-0.05, 0) is 32.2 Å². The van der Waals surface area contributed by atoms with Gasteiger partial charge in [0.25, 0.3) is 0 Å². The summed E-state index contributed by atoms with van der Waals surface area (Å²) in [7, 11) is -0.384. The van der Waals surface area contributed by atoms with Gasteiger partial charge in [-0.1, -0.05) is 36.4 Å². The molecule has 14 heteroatoms. The van der Waals surface area contributed by atoms with Gasteiger partial charge in [0, 0.05) is 11.8 Å². The number of nitrogens with two attached hydrogens (primary N) is 1. The van der Waals surface area contributed by atoms with Gasteiger partial charge in [0.15, 0.2) is 11.2 Å². The van der Waals surface area contributed by atoms with Crippen LogP contribution in [0.1, 0.15) is 33.4 Å². The Morgan fingerprint density at radius 3 is 2.78 bits per heavy atom. The van der Waals surface area contributed by atoms with Crippen LogP contribution in [0.4, 0.5) is 5.95 Å². The molecule has 2 aromatic heterocycles. The highest BCUT2D eigenvalue weighted by Crippen LogP contribution is 2.41. The maximum Gasteiger partial charge on any atom is 0.323 e. The molecule has 3 heterocycles. The summed E-state index contributed by atoms with van der Waals surface area (Å²) >= 11 is 0. The highest BCUT2D eigenvalue weighted by atomic mass is 31.2. The standard InChI is InChI=1S/C27H33N6O7P/c1-15(2)38-26(35)16(3)32-41(40-20-11-7-9-17-8-5-6-10-18(17)20)37-13-21-19(34)12-22(39-21)33-14-29-23-24(33)30-27(28)31-25(23)36-4/h5-11,14-16,19,21-22,32,34H,12-13H2,1-4H3,(H2,28,30,31). The number of aliphatic hydroxyl groups is 1. The maximum atomic E-state index is 12.5. The molecule has 0 saturated carbocycles. The number of nitrogens with one attached hydrogen (secondary N) is 1. The predicted molar refractivity (Wildman–Crippen MR) is 152 cm³/mol. The fourth-order valence-corrected chi connectivity index (χ4v) is 5.66. The number of esters is 1. The molecule has 4 aromatic rings. The van der Waals surface area contributed by atoms with Crippen LogP contribution in [0.5, 0.6) is 11.6 Å². The highest BCUT2D eigenvalue weighted by Gasteiger charge is 2.37. The van der Waals surface area contributed by atoms with Crippen molar-refractivity contribution in [3.63, 3.8) is 0 Å². The van der Waals surface area contributed by atoms with Gasteiger partial charge in [0.2, 0.25) is 11.8 Å². The molecule has 41 heavy (non-hydrogen) atoms. The van der Waals surface area contributed by atoms with Crippen LogP contribution in [0.25, 0.3) is 21.9 Å². The van der Waals surface area contributed by atoms with Gasteiger partial charge in [0.05, 0.1) is 32.3 Å². The van der Waals surface area contributed by atoms with E-state index >= 15 is 0 Å². The summed E-state index contributed by atoms with van der Waals surface area (Å²) in [6.07, 6.45) is -0.589. The molecule has 5 unspecified atom stereocenters. The molecule has 0 amide bonds. The number of hydrogen-bond donors (Lipinski definition) is 3. The first kappa shape index (κ1) is 28.9. The third kappa shape index (κ3) is 6.50. The van der Waals surface area contributed by atoms with E-state index in [2.05, 4.69) is 20.0 Å². The number of nitrogens with zero attached hydrogens (tertiary/aromatic N) is 4. The molecule has 0 radical (unpaired) electrons. The van der Waals surface area contributed by atoms with Crippen LogP contribution in [0.15, 0.2) is 48.8 Å². The lowest BCUT2D eigenvalue weighted by Crippen LogP contribution is -2.35. The van der Waals surface area contributed by atoms with E-state index in [0.717, 1.165) is 10.8 Å². The van der Waals surface area contributed by atoms with Crippen molar-refractivity contribution in [3.8, 4) is 11.6 Å². The van der Waals surface area contributed by atoms with Crippen LogP contribution in [0.3, 0.4) is 0 Å². The monoisotopic (exact) mass is 584 g/mol. The van der Waals surface area contributed by atoms with Gasteiger partial charge in [0.1, 0.15) is 24.1 Å². The smallest absolute Gasteiger partial charge is 0.323 e. The number of carbonyl (C=O) groups excluding carboxylic acids is 1. The summed E-state index contributed by atoms with van der Waals surface area (Å²) in [4.78, 5) is 25.2. The fraction of sp³-hybridized carbons (Fsp3) is 0.407. The van der Waals surface area contributed by atoms with Gasteiger partial charge in [-0.25, -0.2) is 10.1 Å². The topological polar surface area (TPSA) is 165 Å². The molecular weight excluding hydrogens is 551 g/mol. The Kier molecular flexibility index (Phi) is 8.81. The number of carbonyl (C=O) groups is 1. The Hall–Kier alpha value is -3.61. The second kappa shape index (κ2) is 12.5. The number of aliphatic hydroxyl groups excluding tert-OH is 1. The number of imidazole rings is 1. The van der Waals surface area contributed by atoms with E-state index in [-0.39, 0.29) is 31.0 Å². The van der Waals surface area contributed by atoms with Gasteiger partial charge >= 0.3 is 14.5 Å². The Balaban J connectivity index is 1.32. The molecule has 1 aliphatic heterocycles. The average Bonchev–Trinajstić information content (AvgIpc) is 3.53. The first-order valence-corrected chi connectivity index (χ1v) is 14.3. The van der Waals surface area contributed by atoms with E-state index in [4.69, 9.17) is 29.0 Å². The van der Waals surface area contributed by atoms with E-state index in [1.807, 2.05) is 42.5 Å². The molecular formula is C27H33N6O7P. The first-order chi connectivity index (χ1) is 19.7. The van der Waals surface area contributed by atoms with E-state index in [1.54, 1.807) is 31.7 Å². The summed E-state index contributed by atoms with van der Waals surface area (Å²) in [6.45, 7) is 5.23. The highest BCUT2D eigenvalue weighted by molar-refractivity contribution is 7.45. The summed E-state index contributed by atoms with van der Waals surface area (Å²) in [5.41, 5.74) is 6.70. The van der Waals surface area contributed by atoms with Crippen LogP contribution >= 0.6 is 8.53 Å². The van der Waals surface area contributed by atoms with Crippen LogP contribution in [-0.2, 0) is 18.8 Å². The minimum atomic E-state index is -1.86. The number of nitrogen functional groups attached to an aromatic ring is 1. The second-order valence-electron chi connectivity index (χ2n) is 9.81. The van der Waals surface area contributed by atoms with E-state index in [9.17, 15) is 9.90 Å². The molecule has 5 rings (SSSR count). The number of rotatable bonds is 11. The Morgan fingerprint density at radius 1 is 1.22 bits per heavy atom. The van der Waals surface area contributed by atoms with Crippen LogP contribution in [0, 0.1) is 0 Å². The SMILES string of the molecule is COc1nc(N)nc2c1ncn2C1CC(O)C(COP(NC(C)C(=O)OC(C)C)Oc2cccc3ccccc23)O1. The van der Waals surface area contributed by atoms with Crippen molar-refractivity contribution in [1.82, 2.24) is 24.6 Å². The van der Waals surface area contributed by atoms with Crippen LogP contribution < -0.4 is 20.1 Å². The van der Waals surface area contributed by atoms with Crippen LogP contribution in [0.2, 0.25) is 0 Å². The molecule has 4 N–H and O–H groups in total. The van der Waals surface area contributed by atoms with E-state index in [0.29, 0.717) is 16.9 Å². The maximum absolute atomic E-state index is 12.5. The van der Waals surface area contributed by atoms with Crippen molar-refractivity contribution >= 4 is 42.4 Å². The van der Waals surface area contributed by atoms with Crippen molar-refractivity contribution in [2.75, 3.05) is 19.5 Å². The fourth-order valence-electron chi connectivity index (χ4n) is 4.44. The second-order valence-corrected chi connectivity index (χ2v) is 11.0. The van der Waals surface area contributed by atoms with Gasteiger partial charge < -0.3 is 34.1 Å². The Labute approximate surface area is 237 Å². The third-order valence-corrected chi connectivity index (χ3v) is 7.75. The Morgan fingerprint density at radius 2 is 2.00 bits per heavy atom. The molecule has 0 aliphatic carbocycles. The minimum Gasteiger partial charge on any atom is -0.479 e.